The second-order valence-electron chi connectivity index (χ2n) is 5.53. The third-order valence-corrected chi connectivity index (χ3v) is 3.66. The van der Waals surface area contributed by atoms with Gasteiger partial charge in [0, 0.05) is 32.0 Å². The smallest absolute Gasteiger partial charge is 0.225 e. The number of hydrogen-bond donors (Lipinski definition) is 1. The lowest BCUT2D eigenvalue weighted by Crippen LogP contribution is -2.35. The number of amides is 1. The van der Waals surface area contributed by atoms with Crippen molar-refractivity contribution >= 4 is 11.6 Å². The highest BCUT2D eigenvalue weighted by Crippen LogP contribution is 2.16. The standard InChI is InChI=1S/C16H24N2O3/c1-18(11-13-4-3-8-20-12-13)16(19)7-9-21-15-6-2-5-14(17)10-15/h2,5-6,10,13H,3-4,7-9,11-12,17H2,1H3. The number of nitrogens with zero attached hydrogens (tertiary/aromatic N) is 1. The number of ether oxygens (including phenoxy) is 2. The maximum atomic E-state index is 12.1. The van der Waals surface area contributed by atoms with E-state index in [0.29, 0.717) is 30.4 Å². The third-order valence-electron chi connectivity index (χ3n) is 3.66. The summed E-state index contributed by atoms with van der Waals surface area (Å²) in [4.78, 5) is 13.8. The average molecular weight is 292 g/mol. The van der Waals surface area contributed by atoms with E-state index in [1.807, 2.05) is 19.2 Å². The molecule has 0 aliphatic carbocycles. The zero-order valence-corrected chi connectivity index (χ0v) is 12.6. The highest BCUT2D eigenvalue weighted by molar-refractivity contribution is 5.76. The molecule has 1 heterocycles. The second-order valence-corrected chi connectivity index (χ2v) is 5.53. The van der Waals surface area contributed by atoms with Gasteiger partial charge in [0.15, 0.2) is 0 Å². The van der Waals surface area contributed by atoms with Gasteiger partial charge in [0.2, 0.25) is 5.91 Å². The molecule has 1 amide bonds. The molecule has 1 fully saturated rings. The van der Waals surface area contributed by atoms with Crippen LogP contribution in [0.2, 0.25) is 0 Å². The normalized spacial score (nSPS) is 18.2. The predicted octanol–water partition coefficient (Wildman–Crippen LogP) is 1.92. The van der Waals surface area contributed by atoms with E-state index in [0.717, 1.165) is 32.6 Å². The van der Waals surface area contributed by atoms with Crippen LogP contribution in [-0.4, -0.2) is 44.2 Å². The Balaban J connectivity index is 1.68. The lowest BCUT2D eigenvalue weighted by Gasteiger charge is -2.27. The quantitative estimate of drug-likeness (QED) is 0.814. The first-order valence-electron chi connectivity index (χ1n) is 7.45. The molecule has 0 bridgehead atoms. The molecule has 0 saturated carbocycles. The van der Waals surface area contributed by atoms with E-state index in [9.17, 15) is 4.79 Å². The van der Waals surface area contributed by atoms with Crippen LogP contribution in [0.1, 0.15) is 19.3 Å². The first kappa shape index (κ1) is 15.6. The highest BCUT2D eigenvalue weighted by Gasteiger charge is 2.18. The van der Waals surface area contributed by atoms with Crippen LogP contribution < -0.4 is 10.5 Å². The first-order chi connectivity index (χ1) is 10.1. The van der Waals surface area contributed by atoms with Crippen LogP contribution in [0.5, 0.6) is 5.75 Å². The van der Waals surface area contributed by atoms with Gasteiger partial charge >= 0.3 is 0 Å². The fourth-order valence-corrected chi connectivity index (χ4v) is 2.49. The van der Waals surface area contributed by atoms with Crippen LogP contribution in [0.4, 0.5) is 5.69 Å². The minimum Gasteiger partial charge on any atom is -0.493 e. The SMILES string of the molecule is CN(CC1CCCOC1)C(=O)CCOc1cccc(N)c1. The molecule has 1 unspecified atom stereocenters. The summed E-state index contributed by atoms with van der Waals surface area (Å²) in [7, 11) is 1.84. The van der Waals surface area contributed by atoms with Gasteiger partial charge < -0.3 is 20.1 Å². The minimum atomic E-state index is 0.101. The molecule has 0 radical (unpaired) electrons. The van der Waals surface area contributed by atoms with Crippen molar-refractivity contribution < 1.29 is 14.3 Å². The maximum absolute atomic E-state index is 12.1. The van der Waals surface area contributed by atoms with Gasteiger partial charge in [0.05, 0.1) is 19.6 Å². The topological polar surface area (TPSA) is 64.8 Å². The number of nitrogen functional groups attached to an aromatic ring is 1. The second kappa shape index (κ2) is 7.88. The summed E-state index contributed by atoms with van der Waals surface area (Å²) in [5.41, 5.74) is 6.34. The summed E-state index contributed by atoms with van der Waals surface area (Å²) in [5, 5.41) is 0. The Morgan fingerprint density at radius 1 is 1.52 bits per heavy atom. The molecule has 5 nitrogen and oxygen atoms in total. The summed E-state index contributed by atoms with van der Waals surface area (Å²) in [6.07, 6.45) is 2.60. The van der Waals surface area contributed by atoms with Gasteiger partial charge in [0.25, 0.3) is 0 Å². The number of rotatable bonds is 6. The van der Waals surface area contributed by atoms with Crippen molar-refractivity contribution in [1.29, 1.82) is 0 Å². The summed E-state index contributed by atoms with van der Waals surface area (Å²) in [6.45, 7) is 2.74. The fraction of sp³-hybridized carbons (Fsp3) is 0.562. The predicted molar refractivity (Wildman–Crippen MR) is 82.1 cm³/mol. The van der Waals surface area contributed by atoms with E-state index in [2.05, 4.69) is 0 Å². The van der Waals surface area contributed by atoms with Crippen molar-refractivity contribution in [2.45, 2.75) is 19.3 Å². The van der Waals surface area contributed by atoms with Gasteiger partial charge in [-0.3, -0.25) is 4.79 Å². The molecule has 1 atom stereocenters. The Kier molecular flexibility index (Phi) is 5.87. The molecule has 2 N–H and O–H groups in total. The molecular weight excluding hydrogens is 268 g/mol. The number of nitrogens with two attached hydrogens (primary N) is 1. The van der Waals surface area contributed by atoms with E-state index in [4.69, 9.17) is 15.2 Å². The Bertz CT molecular complexity index is 459. The molecule has 5 heteroatoms. The van der Waals surface area contributed by atoms with Gasteiger partial charge in [-0.15, -0.1) is 0 Å². The molecule has 1 aliphatic heterocycles. The fourth-order valence-electron chi connectivity index (χ4n) is 2.49. The summed E-state index contributed by atoms with van der Waals surface area (Å²) in [5.74, 6) is 1.26. The van der Waals surface area contributed by atoms with E-state index in [1.165, 1.54) is 0 Å². The van der Waals surface area contributed by atoms with Crippen LogP contribution in [-0.2, 0) is 9.53 Å². The van der Waals surface area contributed by atoms with Gasteiger partial charge in [-0.2, -0.15) is 0 Å². The van der Waals surface area contributed by atoms with Gasteiger partial charge in [0.1, 0.15) is 5.75 Å². The van der Waals surface area contributed by atoms with Crippen molar-refractivity contribution in [3.8, 4) is 5.75 Å². The molecule has 1 aromatic rings. The molecular formula is C16H24N2O3. The van der Waals surface area contributed by atoms with Gasteiger partial charge in [-0.05, 0) is 30.9 Å². The van der Waals surface area contributed by atoms with Crippen LogP contribution in [0.3, 0.4) is 0 Å². The Hall–Kier alpha value is -1.75. The lowest BCUT2D eigenvalue weighted by molar-refractivity contribution is -0.131. The maximum Gasteiger partial charge on any atom is 0.225 e. The van der Waals surface area contributed by atoms with Crippen LogP contribution in [0.25, 0.3) is 0 Å². The van der Waals surface area contributed by atoms with E-state index < -0.39 is 0 Å². The van der Waals surface area contributed by atoms with Crippen molar-refractivity contribution in [3.63, 3.8) is 0 Å². The van der Waals surface area contributed by atoms with E-state index in [-0.39, 0.29) is 5.91 Å². The first-order valence-corrected chi connectivity index (χ1v) is 7.45. The minimum absolute atomic E-state index is 0.101. The van der Waals surface area contributed by atoms with Crippen LogP contribution in [0.15, 0.2) is 24.3 Å². The van der Waals surface area contributed by atoms with E-state index >= 15 is 0 Å². The molecule has 1 saturated heterocycles. The summed E-state index contributed by atoms with van der Waals surface area (Å²) < 4.78 is 11.0. The largest absolute Gasteiger partial charge is 0.493 e. The molecule has 0 aromatic heterocycles. The Labute approximate surface area is 126 Å². The zero-order valence-electron chi connectivity index (χ0n) is 12.6. The van der Waals surface area contributed by atoms with Crippen molar-refractivity contribution in [3.05, 3.63) is 24.3 Å². The molecule has 116 valence electrons. The van der Waals surface area contributed by atoms with Crippen LogP contribution >= 0.6 is 0 Å². The third kappa shape index (κ3) is 5.27. The summed E-state index contributed by atoms with van der Waals surface area (Å²) in [6, 6.07) is 7.23. The number of carbonyl (C=O) groups excluding carboxylic acids is 1. The molecule has 1 aliphatic rings. The molecule has 2 rings (SSSR count). The Morgan fingerprint density at radius 2 is 2.38 bits per heavy atom. The molecule has 0 spiro atoms. The van der Waals surface area contributed by atoms with Crippen molar-refractivity contribution in [2.75, 3.05) is 39.1 Å². The number of carbonyl (C=O) groups is 1. The van der Waals surface area contributed by atoms with Gasteiger partial charge in [-0.1, -0.05) is 6.07 Å². The van der Waals surface area contributed by atoms with Crippen molar-refractivity contribution in [2.24, 2.45) is 5.92 Å². The highest BCUT2D eigenvalue weighted by atomic mass is 16.5. The molecule has 1 aromatic carbocycles. The van der Waals surface area contributed by atoms with Crippen molar-refractivity contribution in [1.82, 2.24) is 4.90 Å². The number of anilines is 1. The monoisotopic (exact) mass is 292 g/mol. The average Bonchev–Trinajstić information content (AvgIpc) is 2.48. The number of hydrogen-bond acceptors (Lipinski definition) is 4. The van der Waals surface area contributed by atoms with Crippen LogP contribution in [0, 0.1) is 5.92 Å². The molecule has 21 heavy (non-hydrogen) atoms. The lowest BCUT2D eigenvalue weighted by atomic mass is 10.0. The van der Waals surface area contributed by atoms with Gasteiger partial charge in [-0.25, -0.2) is 0 Å². The van der Waals surface area contributed by atoms with E-state index in [1.54, 1.807) is 17.0 Å². The number of benzene rings is 1. The Morgan fingerprint density at radius 3 is 3.10 bits per heavy atom. The summed E-state index contributed by atoms with van der Waals surface area (Å²) >= 11 is 0. The zero-order chi connectivity index (χ0) is 15.1.